The van der Waals surface area contributed by atoms with Crippen LogP contribution in [0.4, 0.5) is 4.39 Å². The minimum atomic E-state index is -0.294. The molecule has 0 radical (unpaired) electrons. The summed E-state index contributed by atoms with van der Waals surface area (Å²) in [5, 5.41) is 2.92. The fourth-order valence-electron chi connectivity index (χ4n) is 2.03. The number of aromatic nitrogens is 2. The topological polar surface area (TPSA) is 54.9 Å². The number of aryl methyl sites for hydroxylation is 1. The van der Waals surface area contributed by atoms with Crippen LogP contribution in [0.15, 0.2) is 36.7 Å². The Bertz CT molecular complexity index is 608. The summed E-state index contributed by atoms with van der Waals surface area (Å²) in [6.07, 6.45) is 3.00. The van der Waals surface area contributed by atoms with Crippen molar-refractivity contribution in [1.29, 1.82) is 0 Å². The second-order valence-electron chi connectivity index (χ2n) is 5.29. The highest BCUT2D eigenvalue weighted by Gasteiger charge is 2.20. The van der Waals surface area contributed by atoms with Crippen LogP contribution in [-0.4, -0.2) is 15.9 Å². The van der Waals surface area contributed by atoms with Crippen LogP contribution in [-0.2, 0) is 0 Å². The molecule has 2 rings (SSSR count). The highest BCUT2D eigenvalue weighted by atomic mass is 19.1. The number of carbonyl (C=O) groups is 1. The average molecular weight is 287 g/mol. The number of amides is 1. The minimum absolute atomic E-state index is 0.165. The van der Waals surface area contributed by atoms with Crippen molar-refractivity contribution in [2.24, 2.45) is 5.92 Å². The highest BCUT2D eigenvalue weighted by molar-refractivity contribution is 5.92. The van der Waals surface area contributed by atoms with Gasteiger partial charge in [-0.15, -0.1) is 0 Å². The quantitative estimate of drug-likeness (QED) is 0.940. The molecule has 1 aromatic carbocycles. The van der Waals surface area contributed by atoms with E-state index in [2.05, 4.69) is 15.3 Å². The number of halogens is 1. The van der Waals surface area contributed by atoms with Crippen LogP contribution in [0.5, 0.6) is 0 Å². The van der Waals surface area contributed by atoms with Crippen LogP contribution in [0.1, 0.15) is 41.6 Å². The van der Waals surface area contributed by atoms with Gasteiger partial charge in [0.05, 0.1) is 17.9 Å². The maximum Gasteiger partial charge on any atom is 0.271 e. The van der Waals surface area contributed by atoms with Gasteiger partial charge in [0.15, 0.2) is 0 Å². The van der Waals surface area contributed by atoms with Crippen molar-refractivity contribution < 1.29 is 9.18 Å². The Hall–Kier alpha value is -2.30. The van der Waals surface area contributed by atoms with Crippen molar-refractivity contribution in [2.45, 2.75) is 26.8 Å². The van der Waals surface area contributed by atoms with Crippen molar-refractivity contribution in [3.8, 4) is 0 Å². The van der Waals surface area contributed by atoms with E-state index in [1.54, 1.807) is 18.3 Å². The predicted molar refractivity (Wildman–Crippen MR) is 78.2 cm³/mol. The van der Waals surface area contributed by atoms with Crippen molar-refractivity contribution in [3.05, 3.63) is 59.4 Å². The molecule has 0 saturated carbocycles. The van der Waals surface area contributed by atoms with Crippen molar-refractivity contribution in [1.82, 2.24) is 15.3 Å². The number of rotatable bonds is 4. The third-order valence-electron chi connectivity index (χ3n) is 3.20. The summed E-state index contributed by atoms with van der Waals surface area (Å²) in [6.45, 7) is 5.80. The van der Waals surface area contributed by atoms with Gasteiger partial charge in [0.2, 0.25) is 0 Å². The van der Waals surface area contributed by atoms with E-state index in [1.165, 1.54) is 18.3 Å². The second kappa shape index (κ2) is 6.43. The standard InChI is InChI=1S/C16H18FN3O/c1-10(2)15(12-4-6-13(17)7-5-12)20-16(21)14-9-18-11(3)8-19-14/h4-10,15H,1-3H3,(H,20,21)/t15-/m0/s1. The number of nitrogens with one attached hydrogen (secondary N) is 1. The van der Waals surface area contributed by atoms with Gasteiger partial charge in [0.1, 0.15) is 11.5 Å². The Morgan fingerprint density at radius 2 is 1.81 bits per heavy atom. The van der Waals surface area contributed by atoms with Gasteiger partial charge in [0, 0.05) is 6.20 Å². The maximum absolute atomic E-state index is 13.0. The average Bonchev–Trinajstić information content (AvgIpc) is 2.46. The third-order valence-corrected chi connectivity index (χ3v) is 3.20. The lowest BCUT2D eigenvalue weighted by Gasteiger charge is -2.22. The fraction of sp³-hybridized carbons (Fsp3) is 0.312. The zero-order valence-corrected chi connectivity index (χ0v) is 12.3. The van der Waals surface area contributed by atoms with Gasteiger partial charge in [0.25, 0.3) is 5.91 Å². The first-order valence-electron chi connectivity index (χ1n) is 6.82. The molecule has 0 aliphatic rings. The van der Waals surface area contributed by atoms with Gasteiger partial charge < -0.3 is 5.32 Å². The first-order chi connectivity index (χ1) is 9.97. The normalized spacial score (nSPS) is 12.2. The molecule has 1 aromatic heterocycles. The Morgan fingerprint density at radius 3 is 2.33 bits per heavy atom. The Balaban J connectivity index is 2.18. The summed E-state index contributed by atoms with van der Waals surface area (Å²) in [4.78, 5) is 20.4. The van der Waals surface area contributed by atoms with E-state index < -0.39 is 0 Å². The smallest absolute Gasteiger partial charge is 0.271 e. The first-order valence-corrected chi connectivity index (χ1v) is 6.82. The van der Waals surface area contributed by atoms with Crippen LogP contribution in [0.3, 0.4) is 0 Å². The molecule has 0 fully saturated rings. The van der Waals surface area contributed by atoms with Crippen molar-refractivity contribution in [2.75, 3.05) is 0 Å². The number of benzene rings is 1. The zero-order chi connectivity index (χ0) is 15.4. The van der Waals surface area contributed by atoms with Crippen LogP contribution in [0.2, 0.25) is 0 Å². The van der Waals surface area contributed by atoms with Crippen molar-refractivity contribution >= 4 is 5.91 Å². The summed E-state index contributed by atoms with van der Waals surface area (Å²) in [5.41, 5.74) is 1.89. The van der Waals surface area contributed by atoms with Gasteiger partial charge in [-0.3, -0.25) is 9.78 Å². The predicted octanol–water partition coefficient (Wildman–Crippen LogP) is 3.05. The molecule has 0 aliphatic heterocycles. The monoisotopic (exact) mass is 287 g/mol. The third kappa shape index (κ3) is 3.84. The minimum Gasteiger partial charge on any atom is -0.344 e. The lowest BCUT2D eigenvalue weighted by atomic mass is 9.96. The molecule has 4 nitrogen and oxygen atoms in total. The molecule has 0 bridgehead atoms. The highest BCUT2D eigenvalue weighted by Crippen LogP contribution is 2.22. The lowest BCUT2D eigenvalue weighted by molar-refractivity contribution is 0.0920. The van der Waals surface area contributed by atoms with Crippen LogP contribution < -0.4 is 5.32 Å². The van der Waals surface area contributed by atoms with Crippen LogP contribution in [0.25, 0.3) is 0 Å². The molecule has 0 unspecified atom stereocenters. The van der Waals surface area contributed by atoms with Gasteiger partial charge in [-0.1, -0.05) is 26.0 Å². The Kier molecular flexibility index (Phi) is 4.62. The van der Waals surface area contributed by atoms with E-state index in [0.717, 1.165) is 11.3 Å². The van der Waals surface area contributed by atoms with Gasteiger partial charge in [-0.25, -0.2) is 9.37 Å². The number of hydrogen-bond donors (Lipinski definition) is 1. The van der Waals surface area contributed by atoms with E-state index in [-0.39, 0.29) is 29.4 Å². The van der Waals surface area contributed by atoms with E-state index in [4.69, 9.17) is 0 Å². The number of nitrogens with zero attached hydrogens (tertiary/aromatic N) is 2. The molecule has 21 heavy (non-hydrogen) atoms. The summed E-state index contributed by atoms with van der Waals surface area (Å²) < 4.78 is 13.0. The Morgan fingerprint density at radius 1 is 1.14 bits per heavy atom. The largest absolute Gasteiger partial charge is 0.344 e. The van der Waals surface area contributed by atoms with Crippen LogP contribution >= 0.6 is 0 Å². The van der Waals surface area contributed by atoms with Crippen LogP contribution in [0, 0.1) is 18.7 Å². The molecular formula is C16H18FN3O. The number of carbonyl (C=O) groups excluding carboxylic acids is 1. The maximum atomic E-state index is 13.0. The Labute approximate surface area is 123 Å². The SMILES string of the molecule is Cc1cnc(C(=O)N[C@H](c2ccc(F)cc2)C(C)C)cn1. The molecule has 1 atom stereocenters. The summed E-state index contributed by atoms with van der Waals surface area (Å²) in [7, 11) is 0. The molecule has 5 heteroatoms. The molecule has 0 saturated heterocycles. The molecule has 0 spiro atoms. The van der Waals surface area contributed by atoms with Crippen molar-refractivity contribution in [3.63, 3.8) is 0 Å². The lowest BCUT2D eigenvalue weighted by Crippen LogP contribution is -2.32. The second-order valence-corrected chi connectivity index (χ2v) is 5.29. The van der Waals surface area contributed by atoms with E-state index in [1.807, 2.05) is 20.8 Å². The summed E-state index contributed by atoms with van der Waals surface area (Å²) in [5.74, 6) is -0.416. The first kappa shape index (κ1) is 15.1. The molecular weight excluding hydrogens is 269 g/mol. The molecule has 0 aliphatic carbocycles. The molecule has 110 valence electrons. The van der Waals surface area contributed by atoms with Gasteiger partial charge >= 0.3 is 0 Å². The number of hydrogen-bond acceptors (Lipinski definition) is 3. The van der Waals surface area contributed by atoms with Gasteiger partial charge in [-0.05, 0) is 30.5 Å². The molecule has 1 amide bonds. The molecule has 1 heterocycles. The summed E-state index contributed by atoms with van der Waals surface area (Å²) >= 11 is 0. The van der Waals surface area contributed by atoms with E-state index >= 15 is 0 Å². The van der Waals surface area contributed by atoms with Gasteiger partial charge in [-0.2, -0.15) is 0 Å². The molecule has 2 aromatic rings. The zero-order valence-electron chi connectivity index (χ0n) is 12.3. The molecule has 1 N–H and O–H groups in total. The summed E-state index contributed by atoms with van der Waals surface area (Å²) in [6, 6.07) is 5.94. The van der Waals surface area contributed by atoms with E-state index in [0.29, 0.717) is 0 Å². The van der Waals surface area contributed by atoms with E-state index in [9.17, 15) is 9.18 Å². The fourth-order valence-corrected chi connectivity index (χ4v) is 2.03.